The van der Waals surface area contributed by atoms with Crippen LogP contribution in [0, 0.1) is 11.8 Å². The molecule has 0 aromatic rings. The van der Waals surface area contributed by atoms with Crippen LogP contribution in [0.3, 0.4) is 0 Å². The summed E-state index contributed by atoms with van der Waals surface area (Å²) in [6, 6.07) is 0. The van der Waals surface area contributed by atoms with Crippen molar-refractivity contribution in [1.82, 2.24) is 26.6 Å². The molecule has 0 bridgehead atoms. The number of carboxylic acids is 1. The minimum Gasteiger partial charge on any atom is -0.481 e. The topological polar surface area (TPSA) is 144 Å². The fourth-order valence-corrected chi connectivity index (χ4v) is 2.99. The van der Waals surface area contributed by atoms with Crippen LogP contribution in [0.1, 0.15) is 26.2 Å². The van der Waals surface area contributed by atoms with Crippen molar-refractivity contribution >= 4 is 5.97 Å². The highest BCUT2D eigenvalue weighted by molar-refractivity contribution is 5.66. The molecule has 0 saturated carbocycles. The summed E-state index contributed by atoms with van der Waals surface area (Å²) in [5, 5.41) is 25.1. The van der Waals surface area contributed by atoms with E-state index in [4.69, 9.17) is 28.8 Å². The Morgan fingerprint density at radius 3 is 1.46 bits per heavy atom. The summed E-state index contributed by atoms with van der Waals surface area (Å²) in [5.41, 5.74) is 0. The van der Waals surface area contributed by atoms with Crippen LogP contribution in [-0.4, -0.2) is 143 Å². The molecule has 0 atom stereocenters. The summed E-state index contributed by atoms with van der Waals surface area (Å²) < 4.78 is 27.0. The number of aliphatic carboxylic acids is 1. The van der Waals surface area contributed by atoms with Crippen molar-refractivity contribution in [3.05, 3.63) is 0 Å². The quantitative estimate of drug-likeness (QED) is 0.0456. The van der Waals surface area contributed by atoms with Gasteiger partial charge in [0.05, 0.1) is 65.8 Å². The Morgan fingerprint density at radius 2 is 0.974 bits per heavy atom. The average molecular weight is 562 g/mol. The third-order valence-corrected chi connectivity index (χ3v) is 5.05. The zero-order valence-electron chi connectivity index (χ0n) is 24.2. The molecular formula is C27H55N5O7. The van der Waals surface area contributed by atoms with Crippen LogP contribution in [0.4, 0.5) is 0 Å². The summed E-state index contributed by atoms with van der Waals surface area (Å²) in [5.74, 6) is 5.24. The predicted octanol–water partition coefficient (Wildman–Crippen LogP) is -0.704. The Labute approximate surface area is 235 Å². The number of hydrogen-bond acceptors (Lipinski definition) is 11. The van der Waals surface area contributed by atoms with Gasteiger partial charge >= 0.3 is 5.97 Å². The molecule has 0 spiro atoms. The second-order valence-corrected chi connectivity index (χ2v) is 8.45. The fourth-order valence-electron chi connectivity index (χ4n) is 2.99. The number of carboxylic acid groups (broad SMARTS) is 1. The van der Waals surface area contributed by atoms with Crippen LogP contribution >= 0.6 is 0 Å². The van der Waals surface area contributed by atoms with E-state index in [9.17, 15) is 4.79 Å². The number of carbonyl (C=O) groups is 1. The molecule has 0 aliphatic heterocycles. The van der Waals surface area contributed by atoms with E-state index < -0.39 is 5.97 Å². The first kappa shape index (κ1) is 37.6. The van der Waals surface area contributed by atoms with E-state index in [1.54, 1.807) is 0 Å². The smallest absolute Gasteiger partial charge is 0.305 e. The average Bonchev–Trinajstić information content (AvgIpc) is 2.93. The summed E-state index contributed by atoms with van der Waals surface area (Å²) >= 11 is 0. The second kappa shape index (κ2) is 34.7. The molecule has 0 radical (unpaired) electrons. The lowest BCUT2D eigenvalue weighted by molar-refractivity contribution is -0.138. The van der Waals surface area contributed by atoms with Crippen LogP contribution in [0.25, 0.3) is 0 Å². The van der Waals surface area contributed by atoms with Crippen LogP contribution in [0.5, 0.6) is 0 Å². The largest absolute Gasteiger partial charge is 0.481 e. The Morgan fingerprint density at radius 1 is 0.538 bits per heavy atom. The van der Waals surface area contributed by atoms with Crippen LogP contribution in [0.2, 0.25) is 0 Å². The molecule has 0 fully saturated rings. The van der Waals surface area contributed by atoms with Crippen molar-refractivity contribution in [2.75, 3.05) is 132 Å². The van der Waals surface area contributed by atoms with Gasteiger partial charge < -0.3 is 55.4 Å². The molecule has 0 unspecified atom stereocenters. The first-order valence-electron chi connectivity index (χ1n) is 14.4. The van der Waals surface area contributed by atoms with E-state index in [0.29, 0.717) is 59.3 Å². The van der Waals surface area contributed by atoms with Gasteiger partial charge in [-0.05, 0) is 32.9 Å². The Bertz CT molecular complexity index is 564. The summed E-state index contributed by atoms with van der Waals surface area (Å²) in [6.45, 7) is 16.5. The highest BCUT2D eigenvalue weighted by Gasteiger charge is 1.96. The van der Waals surface area contributed by atoms with Gasteiger partial charge in [-0.3, -0.25) is 4.79 Å². The van der Waals surface area contributed by atoms with Gasteiger partial charge in [0.25, 0.3) is 0 Å². The van der Waals surface area contributed by atoms with Gasteiger partial charge in [0.1, 0.15) is 0 Å². The Balaban J connectivity index is 3.10. The highest BCUT2D eigenvalue weighted by Crippen LogP contribution is 1.84. The Kier molecular flexibility index (Phi) is 33.4. The summed E-state index contributed by atoms with van der Waals surface area (Å²) in [7, 11) is 0. The molecule has 230 valence electrons. The van der Waals surface area contributed by atoms with Gasteiger partial charge in [-0.1, -0.05) is 11.8 Å². The summed E-state index contributed by atoms with van der Waals surface area (Å²) in [4.78, 5) is 10.3. The third kappa shape index (κ3) is 36.6. The van der Waals surface area contributed by atoms with E-state index in [1.165, 1.54) is 0 Å². The van der Waals surface area contributed by atoms with E-state index in [0.717, 1.165) is 78.5 Å². The van der Waals surface area contributed by atoms with Gasteiger partial charge in [-0.25, -0.2) is 0 Å². The number of hydrogen-bond donors (Lipinski definition) is 6. The minimum absolute atomic E-state index is 0.0185. The maximum absolute atomic E-state index is 10.3. The van der Waals surface area contributed by atoms with Gasteiger partial charge in [-0.2, -0.15) is 0 Å². The van der Waals surface area contributed by atoms with Crippen LogP contribution < -0.4 is 26.6 Å². The second-order valence-electron chi connectivity index (χ2n) is 8.45. The van der Waals surface area contributed by atoms with Crippen molar-refractivity contribution in [2.45, 2.75) is 26.2 Å². The number of ether oxygens (including phenoxy) is 5. The van der Waals surface area contributed by atoms with Crippen molar-refractivity contribution in [3.63, 3.8) is 0 Å². The Hall–Kier alpha value is -1.37. The highest BCUT2D eigenvalue weighted by atomic mass is 16.5. The lowest BCUT2D eigenvalue weighted by Crippen LogP contribution is -2.33. The predicted molar refractivity (Wildman–Crippen MR) is 153 cm³/mol. The molecule has 0 aliphatic carbocycles. The molecule has 6 N–H and O–H groups in total. The zero-order valence-corrected chi connectivity index (χ0v) is 24.2. The third-order valence-electron chi connectivity index (χ3n) is 5.05. The standard InChI is InChI=1S/C27H55N5O7/c1-2-35-18-5-10-28-12-14-32-15-13-29-11-6-19-36-23-25-38-21-16-30-8-3-4-9-31-17-22-39-26-24-37-20-7-27(33)34/h28-32H,2,5-26H2,1H3,(H,33,34). The van der Waals surface area contributed by atoms with Crippen molar-refractivity contribution < 1.29 is 33.6 Å². The molecule has 0 aromatic heterocycles. The maximum Gasteiger partial charge on any atom is 0.305 e. The number of rotatable bonds is 32. The van der Waals surface area contributed by atoms with Gasteiger partial charge in [-0.15, -0.1) is 0 Å². The van der Waals surface area contributed by atoms with Gasteiger partial charge in [0.2, 0.25) is 0 Å². The van der Waals surface area contributed by atoms with Crippen LogP contribution in [-0.2, 0) is 28.5 Å². The first-order valence-corrected chi connectivity index (χ1v) is 14.4. The number of nitrogens with one attached hydrogen (secondary N) is 5. The molecule has 0 aromatic carbocycles. The molecule has 0 saturated heterocycles. The SMILES string of the molecule is CCOCCCNCCNCCNCCCOCCOCCNCC#CCNCCOCCOCCC(=O)O. The molecule has 12 nitrogen and oxygen atoms in total. The lowest BCUT2D eigenvalue weighted by Gasteiger charge is -2.08. The zero-order chi connectivity index (χ0) is 28.3. The van der Waals surface area contributed by atoms with E-state index in [-0.39, 0.29) is 13.0 Å². The fraction of sp³-hybridized carbons (Fsp3) is 0.889. The van der Waals surface area contributed by atoms with Crippen molar-refractivity contribution in [3.8, 4) is 11.8 Å². The first-order chi connectivity index (χ1) is 19.3. The van der Waals surface area contributed by atoms with E-state index >= 15 is 0 Å². The molecule has 0 heterocycles. The normalized spacial score (nSPS) is 11.0. The van der Waals surface area contributed by atoms with Crippen LogP contribution in [0.15, 0.2) is 0 Å². The molecule has 0 rings (SSSR count). The van der Waals surface area contributed by atoms with Gasteiger partial charge in [0.15, 0.2) is 0 Å². The minimum atomic E-state index is -0.857. The molecule has 12 heteroatoms. The lowest BCUT2D eigenvalue weighted by atomic mass is 10.4. The van der Waals surface area contributed by atoms with E-state index in [2.05, 4.69) is 38.4 Å². The van der Waals surface area contributed by atoms with E-state index in [1.807, 2.05) is 6.92 Å². The summed E-state index contributed by atoms with van der Waals surface area (Å²) in [6.07, 6.45) is 2.08. The van der Waals surface area contributed by atoms with Gasteiger partial charge in [0, 0.05) is 59.1 Å². The maximum atomic E-state index is 10.3. The van der Waals surface area contributed by atoms with Crippen molar-refractivity contribution in [1.29, 1.82) is 0 Å². The molecular weight excluding hydrogens is 506 g/mol. The molecule has 0 aliphatic rings. The molecule has 0 amide bonds. The van der Waals surface area contributed by atoms with Crippen molar-refractivity contribution in [2.24, 2.45) is 0 Å². The molecule has 39 heavy (non-hydrogen) atoms. The monoisotopic (exact) mass is 561 g/mol.